The van der Waals surface area contributed by atoms with Crippen LogP contribution in [0.1, 0.15) is 39.0 Å². The summed E-state index contributed by atoms with van der Waals surface area (Å²) in [6, 6.07) is 1.98. The summed E-state index contributed by atoms with van der Waals surface area (Å²) in [4.78, 5) is 11.1. The first-order valence-corrected chi connectivity index (χ1v) is 6.07. The van der Waals surface area contributed by atoms with Crippen molar-refractivity contribution in [3.63, 3.8) is 0 Å². The molecule has 0 aromatic carbocycles. The average Bonchev–Trinajstić information content (AvgIpc) is 2.30. The Balaban J connectivity index is 1.95. The molecular formula is C12H19N3O. The van der Waals surface area contributed by atoms with Gasteiger partial charge in [0.05, 0.1) is 11.9 Å². The van der Waals surface area contributed by atoms with E-state index in [1.807, 2.05) is 0 Å². The first kappa shape index (κ1) is 11.2. The number of nitrogens with one attached hydrogen (secondary N) is 2. The van der Waals surface area contributed by atoms with Crippen molar-refractivity contribution < 1.29 is 0 Å². The molecule has 0 aliphatic heterocycles. The van der Waals surface area contributed by atoms with Crippen LogP contribution in [-0.4, -0.2) is 16.2 Å². The van der Waals surface area contributed by atoms with Gasteiger partial charge in [-0.05, 0) is 25.7 Å². The summed E-state index contributed by atoms with van der Waals surface area (Å²) in [5.74, 6) is 0.730. The molecule has 16 heavy (non-hydrogen) atoms. The van der Waals surface area contributed by atoms with Gasteiger partial charge in [0.15, 0.2) is 0 Å². The van der Waals surface area contributed by atoms with Crippen LogP contribution >= 0.6 is 0 Å². The van der Waals surface area contributed by atoms with Crippen LogP contribution in [0.4, 0.5) is 5.69 Å². The quantitative estimate of drug-likeness (QED) is 0.822. The highest BCUT2D eigenvalue weighted by molar-refractivity contribution is 5.39. The summed E-state index contributed by atoms with van der Waals surface area (Å²) in [6.45, 7) is 2.19. The van der Waals surface area contributed by atoms with Crippen molar-refractivity contribution in [1.82, 2.24) is 10.2 Å². The highest BCUT2D eigenvalue weighted by Gasteiger charge is 2.19. The maximum absolute atomic E-state index is 11.1. The van der Waals surface area contributed by atoms with Gasteiger partial charge in [0, 0.05) is 12.1 Å². The van der Waals surface area contributed by atoms with Gasteiger partial charge in [-0.2, -0.15) is 5.10 Å². The van der Waals surface area contributed by atoms with E-state index < -0.39 is 0 Å². The van der Waals surface area contributed by atoms with Gasteiger partial charge in [-0.15, -0.1) is 0 Å². The van der Waals surface area contributed by atoms with E-state index in [4.69, 9.17) is 0 Å². The van der Waals surface area contributed by atoms with Crippen LogP contribution in [0.2, 0.25) is 0 Å². The van der Waals surface area contributed by atoms with Crippen LogP contribution in [0.3, 0.4) is 0 Å². The number of aromatic nitrogens is 2. The summed E-state index contributed by atoms with van der Waals surface area (Å²) in [5, 5.41) is 9.53. The first-order valence-electron chi connectivity index (χ1n) is 6.07. The molecule has 1 unspecified atom stereocenters. The molecule has 4 nitrogen and oxygen atoms in total. The molecule has 1 heterocycles. The molecule has 1 atom stereocenters. The number of anilines is 1. The molecule has 1 aromatic rings. The van der Waals surface area contributed by atoms with E-state index in [0.29, 0.717) is 6.04 Å². The smallest absolute Gasteiger partial charge is 0.266 e. The number of H-pyrrole nitrogens is 1. The molecule has 2 rings (SSSR count). The Labute approximate surface area is 95.5 Å². The van der Waals surface area contributed by atoms with Gasteiger partial charge < -0.3 is 5.32 Å². The lowest BCUT2D eigenvalue weighted by Gasteiger charge is -2.28. The lowest BCUT2D eigenvalue weighted by atomic mass is 9.84. The molecular weight excluding hydrogens is 202 g/mol. The lowest BCUT2D eigenvalue weighted by Crippen LogP contribution is -2.28. The van der Waals surface area contributed by atoms with E-state index in [1.165, 1.54) is 32.1 Å². The van der Waals surface area contributed by atoms with E-state index in [2.05, 4.69) is 22.4 Å². The number of aromatic amines is 1. The van der Waals surface area contributed by atoms with Crippen molar-refractivity contribution in [3.05, 3.63) is 22.6 Å². The van der Waals surface area contributed by atoms with E-state index in [1.54, 1.807) is 12.3 Å². The Morgan fingerprint density at radius 3 is 2.88 bits per heavy atom. The van der Waals surface area contributed by atoms with Crippen molar-refractivity contribution in [1.29, 1.82) is 0 Å². The van der Waals surface area contributed by atoms with Gasteiger partial charge >= 0.3 is 0 Å². The van der Waals surface area contributed by atoms with E-state index >= 15 is 0 Å². The minimum absolute atomic E-state index is 0.152. The average molecular weight is 221 g/mol. The van der Waals surface area contributed by atoms with Crippen molar-refractivity contribution >= 4 is 5.69 Å². The zero-order valence-corrected chi connectivity index (χ0v) is 9.70. The molecule has 88 valence electrons. The Bertz CT molecular complexity index is 382. The number of hydrogen-bond acceptors (Lipinski definition) is 3. The summed E-state index contributed by atoms with van der Waals surface area (Å²) in [7, 11) is 0. The second-order valence-corrected chi connectivity index (χ2v) is 4.67. The molecule has 0 saturated heterocycles. The molecule has 0 amide bonds. The van der Waals surface area contributed by atoms with Gasteiger partial charge in [-0.1, -0.05) is 19.3 Å². The summed E-state index contributed by atoms with van der Waals surface area (Å²) in [6.07, 6.45) is 8.31. The zero-order chi connectivity index (χ0) is 11.4. The Morgan fingerprint density at radius 1 is 1.44 bits per heavy atom. The van der Waals surface area contributed by atoms with Crippen molar-refractivity contribution in [3.8, 4) is 0 Å². The topological polar surface area (TPSA) is 57.8 Å². The third-order valence-corrected chi connectivity index (χ3v) is 3.42. The first-order chi connectivity index (χ1) is 7.75. The fourth-order valence-corrected chi connectivity index (χ4v) is 2.47. The van der Waals surface area contributed by atoms with Crippen LogP contribution in [0, 0.1) is 5.92 Å². The fraction of sp³-hybridized carbons (Fsp3) is 0.667. The second-order valence-electron chi connectivity index (χ2n) is 4.67. The molecule has 1 aliphatic rings. The number of hydrogen-bond donors (Lipinski definition) is 2. The van der Waals surface area contributed by atoms with Crippen molar-refractivity contribution in [2.75, 3.05) is 5.32 Å². The van der Waals surface area contributed by atoms with Gasteiger partial charge in [0.2, 0.25) is 0 Å². The van der Waals surface area contributed by atoms with Gasteiger partial charge in [-0.25, -0.2) is 5.10 Å². The molecule has 1 aliphatic carbocycles. The molecule has 1 aromatic heterocycles. The van der Waals surface area contributed by atoms with Crippen LogP contribution in [0.25, 0.3) is 0 Å². The predicted octanol–water partition coefficient (Wildman–Crippen LogP) is 2.15. The largest absolute Gasteiger partial charge is 0.381 e. The number of nitrogens with zero attached hydrogens (tertiary/aromatic N) is 1. The molecule has 4 heteroatoms. The minimum Gasteiger partial charge on any atom is -0.381 e. The second kappa shape index (κ2) is 5.14. The fourth-order valence-electron chi connectivity index (χ4n) is 2.47. The highest BCUT2D eigenvalue weighted by Crippen LogP contribution is 2.27. The summed E-state index contributed by atoms with van der Waals surface area (Å²) < 4.78 is 0. The third-order valence-electron chi connectivity index (χ3n) is 3.42. The summed E-state index contributed by atoms with van der Waals surface area (Å²) in [5.41, 5.74) is 0.669. The minimum atomic E-state index is -0.152. The Morgan fingerprint density at radius 2 is 2.19 bits per heavy atom. The van der Waals surface area contributed by atoms with Gasteiger partial charge in [0.1, 0.15) is 0 Å². The van der Waals surface area contributed by atoms with E-state index in [-0.39, 0.29) is 5.56 Å². The van der Waals surface area contributed by atoms with E-state index in [0.717, 1.165) is 11.6 Å². The SMILES string of the molecule is CC(Nc1cn[nH]c(=O)c1)C1CCCCC1. The molecule has 1 saturated carbocycles. The normalized spacial score (nSPS) is 19.3. The van der Waals surface area contributed by atoms with E-state index in [9.17, 15) is 4.79 Å². The third kappa shape index (κ3) is 2.84. The van der Waals surface area contributed by atoms with Gasteiger partial charge in [-0.3, -0.25) is 4.79 Å². The number of rotatable bonds is 3. The molecule has 1 fully saturated rings. The maximum Gasteiger partial charge on any atom is 0.266 e. The van der Waals surface area contributed by atoms with Crippen LogP contribution in [-0.2, 0) is 0 Å². The van der Waals surface area contributed by atoms with Crippen LogP contribution < -0.4 is 10.9 Å². The molecule has 0 spiro atoms. The van der Waals surface area contributed by atoms with Gasteiger partial charge in [0.25, 0.3) is 5.56 Å². The zero-order valence-electron chi connectivity index (χ0n) is 9.70. The van der Waals surface area contributed by atoms with Crippen molar-refractivity contribution in [2.45, 2.75) is 45.1 Å². The monoisotopic (exact) mass is 221 g/mol. The lowest BCUT2D eigenvalue weighted by molar-refractivity contribution is 0.328. The summed E-state index contributed by atoms with van der Waals surface area (Å²) >= 11 is 0. The molecule has 0 bridgehead atoms. The highest BCUT2D eigenvalue weighted by atomic mass is 16.1. The maximum atomic E-state index is 11.1. The standard InChI is InChI=1S/C12H19N3O/c1-9(10-5-3-2-4-6-10)14-11-7-12(16)15-13-8-11/h7-10H,2-6H2,1H3,(H2,14,15,16). The molecule has 2 N–H and O–H groups in total. The Hall–Kier alpha value is -1.32. The van der Waals surface area contributed by atoms with Crippen molar-refractivity contribution in [2.24, 2.45) is 5.92 Å². The predicted molar refractivity (Wildman–Crippen MR) is 64.5 cm³/mol. The van der Waals surface area contributed by atoms with Crippen LogP contribution in [0.15, 0.2) is 17.1 Å². The van der Waals surface area contributed by atoms with Crippen LogP contribution in [0.5, 0.6) is 0 Å². The molecule has 0 radical (unpaired) electrons. The Kier molecular flexibility index (Phi) is 3.59.